The molecule has 2 aliphatic rings. The standard InChI is InChI=1S/C18H27N5O2/c24-18(22-25)7-6-15-10-20-17(11-19-15)21-16-8-9-23(13-16)12-14-4-2-1-3-5-14/h6-7,10-11,14,16,25H,1-5,8-9,12-13H2,(H,20,21)(H,22,24)/b7-6+/t16-/m1/s1. The maximum absolute atomic E-state index is 10.9. The number of hydrogen-bond acceptors (Lipinski definition) is 6. The van der Waals surface area contributed by atoms with E-state index in [1.54, 1.807) is 12.4 Å². The Bertz CT molecular complexity index is 584. The second kappa shape index (κ2) is 8.92. The third kappa shape index (κ3) is 5.51. The number of anilines is 1. The lowest BCUT2D eigenvalue weighted by Crippen LogP contribution is -2.31. The summed E-state index contributed by atoms with van der Waals surface area (Å²) in [6, 6.07) is 0.416. The van der Waals surface area contributed by atoms with Crippen LogP contribution >= 0.6 is 0 Å². The molecule has 0 bridgehead atoms. The summed E-state index contributed by atoms with van der Waals surface area (Å²) in [5, 5.41) is 11.9. The summed E-state index contributed by atoms with van der Waals surface area (Å²) in [5.74, 6) is 1.05. The minimum atomic E-state index is -0.590. The molecule has 3 N–H and O–H groups in total. The minimum Gasteiger partial charge on any atom is -0.365 e. The van der Waals surface area contributed by atoms with E-state index in [9.17, 15) is 4.79 Å². The van der Waals surface area contributed by atoms with Gasteiger partial charge in [-0.2, -0.15) is 0 Å². The van der Waals surface area contributed by atoms with Crippen molar-refractivity contribution in [2.24, 2.45) is 5.92 Å². The Balaban J connectivity index is 1.45. The second-order valence-electron chi connectivity index (χ2n) is 7.03. The predicted molar refractivity (Wildman–Crippen MR) is 96.0 cm³/mol. The summed E-state index contributed by atoms with van der Waals surface area (Å²) >= 11 is 0. The first-order valence-corrected chi connectivity index (χ1v) is 9.16. The molecule has 1 aliphatic carbocycles. The summed E-state index contributed by atoms with van der Waals surface area (Å²) in [7, 11) is 0. The van der Waals surface area contributed by atoms with Crippen molar-refractivity contribution in [2.75, 3.05) is 25.0 Å². The van der Waals surface area contributed by atoms with Gasteiger partial charge in [0, 0.05) is 31.8 Å². The third-order valence-electron chi connectivity index (χ3n) is 5.05. The summed E-state index contributed by atoms with van der Waals surface area (Å²) < 4.78 is 0. The minimum absolute atomic E-state index is 0.416. The molecule has 136 valence electrons. The van der Waals surface area contributed by atoms with Gasteiger partial charge in [-0.05, 0) is 31.3 Å². The number of amides is 1. The number of carbonyl (C=O) groups excluding carboxylic acids is 1. The quantitative estimate of drug-likeness (QED) is 0.415. The molecule has 1 amide bonds. The Hall–Kier alpha value is -1.99. The predicted octanol–water partition coefficient (Wildman–Crippen LogP) is 2.06. The van der Waals surface area contributed by atoms with Crippen LogP contribution in [0.15, 0.2) is 18.5 Å². The molecule has 2 heterocycles. The van der Waals surface area contributed by atoms with Gasteiger partial charge in [0.1, 0.15) is 5.82 Å². The van der Waals surface area contributed by atoms with Gasteiger partial charge in [-0.25, -0.2) is 10.5 Å². The molecule has 1 saturated carbocycles. The van der Waals surface area contributed by atoms with Crippen LogP contribution in [-0.2, 0) is 4.79 Å². The lowest BCUT2D eigenvalue weighted by molar-refractivity contribution is -0.124. The molecule has 1 aromatic heterocycles. The maximum Gasteiger partial charge on any atom is 0.267 e. The van der Waals surface area contributed by atoms with Gasteiger partial charge in [-0.1, -0.05) is 19.3 Å². The van der Waals surface area contributed by atoms with E-state index in [0.717, 1.165) is 31.2 Å². The summed E-state index contributed by atoms with van der Waals surface area (Å²) in [6.07, 6.45) is 14.1. The van der Waals surface area contributed by atoms with E-state index in [0.29, 0.717) is 11.7 Å². The number of nitrogens with one attached hydrogen (secondary N) is 2. The molecular weight excluding hydrogens is 318 g/mol. The van der Waals surface area contributed by atoms with Crippen LogP contribution in [0.2, 0.25) is 0 Å². The molecule has 1 aliphatic heterocycles. The number of likely N-dealkylation sites (tertiary alicyclic amines) is 1. The summed E-state index contributed by atoms with van der Waals surface area (Å²) in [5.41, 5.74) is 2.11. The molecule has 2 fully saturated rings. The molecule has 1 atom stereocenters. The Morgan fingerprint density at radius 1 is 1.24 bits per heavy atom. The Morgan fingerprint density at radius 3 is 2.80 bits per heavy atom. The fraction of sp³-hybridized carbons (Fsp3) is 0.611. The molecule has 1 aromatic rings. The average molecular weight is 345 g/mol. The largest absolute Gasteiger partial charge is 0.365 e. The van der Waals surface area contributed by atoms with Gasteiger partial charge in [-0.15, -0.1) is 0 Å². The molecule has 25 heavy (non-hydrogen) atoms. The van der Waals surface area contributed by atoms with Crippen molar-refractivity contribution in [2.45, 2.75) is 44.6 Å². The normalized spacial score (nSPS) is 22.4. The fourth-order valence-corrected chi connectivity index (χ4v) is 3.76. The van der Waals surface area contributed by atoms with Crippen molar-refractivity contribution in [1.82, 2.24) is 20.3 Å². The van der Waals surface area contributed by atoms with Crippen molar-refractivity contribution < 1.29 is 10.0 Å². The zero-order valence-corrected chi connectivity index (χ0v) is 14.5. The molecule has 7 nitrogen and oxygen atoms in total. The van der Waals surface area contributed by atoms with E-state index in [4.69, 9.17) is 5.21 Å². The number of aromatic nitrogens is 2. The fourth-order valence-electron chi connectivity index (χ4n) is 3.76. The van der Waals surface area contributed by atoms with Crippen LogP contribution in [0.3, 0.4) is 0 Å². The van der Waals surface area contributed by atoms with Crippen molar-refractivity contribution in [3.05, 3.63) is 24.2 Å². The van der Waals surface area contributed by atoms with Crippen molar-refractivity contribution in [3.63, 3.8) is 0 Å². The van der Waals surface area contributed by atoms with Gasteiger partial charge in [0.25, 0.3) is 5.91 Å². The second-order valence-corrected chi connectivity index (χ2v) is 7.03. The molecule has 0 radical (unpaired) electrons. The van der Waals surface area contributed by atoms with E-state index >= 15 is 0 Å². The Labute approximate surface area is 148 Å². The highest BCUT2D eigenvalue weighted by Gasteiger charge is 2.25. The highest BCUT2D eigenvalue weighted by atomic mass is 16.5. The molecule has 0 unspecified atom stereocenters. The van der Waals surface area contributed by atoms with E-state index in [1.807, 2.05) is 0 Å². The molecule has 0 aromatic carbocycles. The number of carbonyl (C=O) groups is 1. The van der Waals surface area contributed by atoms with Crippen molar-refractivity contribution in [3.8, 4) is 0 Å². The van der Waals surface area contributed by atoms with Gasteiger partial charge in [-0.3, -0.25) is 15.0 Å². The smallest absolute Gasteiger partial charge is 0.267 e. The van der Waals surface area contributed by atoms with Crippen LogP contribution in [0.4, 0.5) is 5.82 Å². The Kier molecular flexibility index (Phi) is 6.36. The molecule has 0 spiro atoms. The van der Waals surface area contributed by atoms with Crippen LogP contribution in [0.5, 0.6) is 0 Å². The van der Waals surface area contributed by atoms with Crippen molar-refractivity contribution >= 4 is 17.8 Å². The zero-order valence-electron chi connectivity index (χ0n) is 14.5. The van der Waals surface area contributed by atoms with Gasteiger partial charge < -0.3 is 10.2 Å². The monoisotopic (exact) mass is 345 g/mol. The summed E-state index contributed by atoms with van der Waals surface area (Å²) in [6.45, 7) is 3.45. The van der Waals surface area contributed by atoms with Crippen LogP contribution in [0, 0.1) is 5.92 Å². The van der Waals surface area contributed by atoms with Gasteiger partial charge in [0.2, 0.25) is 0 Å². The van der Waals surface area contributed by atoms with Gasteiger partial charge in [0.05, 0.1) is 18.1 Å². The lowest BCUT2D eigenvalue weighted by atomic mass is 9.89. The number of hydroxylamine groups is 1. The number of nitrogens with zero attached hydrogens (tertiary/aromatic N) is 3. The van der Waals surface area contributed by atoms with E-state index in [2.05, 4.69) is 20.2 Å². The SMILES string of the molecule is O=C(/C=C/c1cnc(N[C@@H]2CCN(CC3CCCCC3)C2)cn1)NO. The van der Waals surface area contributed by atoms with Gasteiger partial charge >= 0.3 is 0 Å². The third-order valence-corrected chi connectivity index (χ3v) is 5.05. The summed E-state index contributed by atoms with van der Waals surface area (Å²) in [4.78, 5) is 22.1. The molecule has 1 saturated heterocycles. The van der Waals surface area contributed by atoms with E-state index in [-0.39, 0.29) is 0 Å². The van der Waals surface area contributed by atoms with E-state index in [1.165, 1.54) is 56.3 Å². The highest BCUT2D eigenvalue weighted by Crippen LogP contribution is 2.26. The maximum atomic E-state index is 10.9. The van der Waals surface area contributed by atoms with Crippen LogP contribution in [0.1, 0.15) is 44.2 Å². The zero-order chi connectivity index (χ0) is 17.5. The average Bonchev–Trinajstić information content (AvgIpc) is 3.08. The first kappa shape index (κ1) is 17.8. The Morgan fingerprint density at radius 2 is 2.08 bits per heavy atom. The van der Waals surface area contributed by atoms with Crippen molar-refractivity contribution in [1.29, 1.82) is 0 Å². The first-order valence-electron chi connectivity index (χ1n) is 9.16. The lowest BCUT2D eigenvalue weighted by Gasteiger charge is -2.26. The molecule has 7 heteroatoms. The number of rotatable bonds is 6. The number of hydrogen-bond donors (Lipinski definition) is 3. The highest BCUT2D eigenvalue weighted by molar-refractivity contribution is 5.90. The topological polar surface area (TPSA) is 90.4 Å². The molecule has 3 rings (SSSR count). The van der Waals surface area contributed by atoms with Crippen LogP contribution in [0.25, 0.3) is 6.08 Å². The van der Waals surface area contributed by atoms with E-state index < -0.39 is 5.91 Å². The van der Waals surface area contributed by atoms with Gasteiger partial charge in [0.15, 0.2) is 0 Å². The van der Waals surface area contributed by atoms with Crippen LogP contribution < -0.4 is 10.8 Å². The molecular formula is C18H27N5O2. The first-order chi connectivity index (χ1) is 12.2. The van der Waals surface area contributed by atoms with Crippen LogP contribution in [-0.4, -0.2) is 51.7 Å².